The second-order valence-electron chi connectivity index (χ2n) is 4.23. The van der Waals surface area contributed by atoms with Gasteiger partial charge in [0.25, 0.3) is 5.92 Å². The molecule has 17 heavy (non-hydrogen) atoms. The van der Waals surface area contributed by atoms with Crippen LogP contribution in [0.4, 0.5) is 8.78 Å². The van der Waals surface area contributed by atoms with Gasteiger partial charge in [-0.1, -0.05) is 24.3 Å². The van der Waals surface area contributed by atoms with E-state index in [2.05, 4.69) is 0 Å². The van der Waals surface area contributed by atoms with E-state index in [1.165, 1.54) is 19.2 Å². The smallest absolute Gasteiger partial charge is 0.320 e. The quantitative estimate of drug-likeness (QED) is 0.880. The summed E-state index contributed by atoms with van der Waals surface area (Å²) in [5, 5.41) is 9.00. The van der Waals surface area contributed by atoms with Crippen molar-refractivity contribution in [2.45, 2.75) is 24.4 Å². The summed E-state index contributed by atoms with van der Waals surface area (Å²) in [5.41, 5.74) is -1.21. The lowest BCUT2D eigenvalue weighted by Crippen LogP contribution is -2.27. The predicted molar refractivity (Wildman–Crippen MR) is 56.0 cm³/mol. The van der Waals surface area contributed by atoms with Crippen LogP contribution in [0.25, 0.3) is 0 Å². The molecule has 2 rings (SSSR count). The van der Waals surface area contributed by atoms with Crippen molar-refractivity contribution < 1.29 is 23.4 Å². The number of carbonyl (C=O) groups is 1. The molecule has 1 N–H and O–H groups in total. The maximum Gasteiger partial charge on any atom is 0.320 e. The van der Waals surface area contributed by atoms with Crippen LogP contribution in [0.2, 0.25) is 0 Å². The van der Waals surface area contributed by atoms with Crippen molar-refractivity contribution in [2.75, 3.05) is 7.11 Å². The third kappa shape index (κ3) is 1.70. The minimum atomic E-state index is -3.16. The number of benzene rings is 1. The average molecular weight is 242 g/mol. The Labute approximate surface area is 97.0 Å². The summed E-state index contributed by atoms with van der Waals surface area (Å²) < 4.78 is 31.5. The van der Waals surface area contributed by atoms with Gasteiger partial charge in [-0.3, -0.25) is 4.79 Å². The van der Waals surface area contributed by atoms with Crippen LogP contribution in [0.1, 0.15) is 17.5 Å². The Balaban J connectivity index is 2.40. The molecule has 5 heteroatoms. The first-order valence-corrected chi connectivity index (χ1v) is 5.13. The van der Waals surface area contributed by atoms with E-state index >= 15 is 0 Å². The van der Waals surface area contributed by atoms with Crippen LogP contribution in [0.15, 0.2) is 24.3 Å². The first kappa shape index (κ1) is 12.0. The van der Waals surface area contributed by atoms with Gasteiger partial charge in [0.2, 0.25) is 0 Å². The molecule has 1 unspecified atom stereocenters. The largest absolute Gasteiger partial charge is 0.480 e. The first-order valence-electron chi connectivity index (χ1n) is 5.13. The molecule has 0 radical (unpaired) electrons. The van der Waals surface area contributed by atoms with Gasteiger partial charge in [0.15, 0.2) is 5.41 Å². The standard InChI is InChI=1S/C12H12F2O3/c1-17-6-8-3-2-4-9(5-8)11(10(15)16)7-12(11,13)14/h2-5H,6-7H2,1H3,(H,15,16). The molecule has 92 valence electrons. The maximum atomic E-state index is 13.3. The van der Waals surface area contributed by atoms with Crippen LogP contribution in [0.3, 0.4) is 0 Å². The van der Waals surface area contributed by atoms with Crippen molar-refractivity contribution in [1.29, 1.82) is 0 Å². The number of ether oxygens (including phenoxy) is 1. The fraction of sp³-hybridized carbons (Fsp3) is 0.417. The zero-order valence-corrected chi connectivity index (χ0v) is 9.24. The first-order chi connectivity index (χ1) is 7.94. The van der Waals surface area contributed by atoms with Crippen LogP contribution in [0.5, 0.6) is 0 Å². The van der Waals surface area contributed by atoms with Gasteiger partial charge in [0, 0.05) is 13.5 Å². The lowest BCUT2D eigenvalue weighted by Gasteiger charge is -2.12. The lowest BCUT2D eigenvalue weighted by atomic mass is 9.94. The average Bonchev–Trinajstić information content (AvgIpc) is 2.84. The summed E-state index contributed by atoms with van der Waals surface area (Å²) in [4.78, 5) is 11.1. The predicted octanol–water partition coefficient (Wildman–Crippen LogP) is 2.19. The van der Waals surface area contributed by atoms with Gasteiger partial charge in [0.1, 0.15) is 0 Å². The third-order valence-corrected chi connectivity index (χ3v) is 3.08. The number of alkyl halides is 2. The van der Waals surface area contributed by atoms with Crippen LogP contribution in [0, 0.1) is 0 Å². The highest BCUT2D eigenvalue weighted by Gasteiger charge is 2.77. The van der Waals surface area contributed by atoms with E-state index < -0.39 is 23.7 Å². The molecular formula is C12H12F2O3. The number of hydrogen-bond acceptors (Lipinski definition) is 2. The van der Waals surface area contributed by atoms with E-state index in [1.807, 2.05) is 0 Å². The van der Waals surface area contributed by atoms with Gasteiger partial charge in [-0.15, -0.1) is 0 Å². The Kier molecular flexibility index (Phi) is 2.66. The summed E-state index contributed by atoms with van der Waals surface area (Å²) in [5.74, 6) is -4.64. The molecule has 1 aromatic rings. The molecule has 0 amide bonds. The molecule has 1 aromatic carbocycles. The highest BCUT2D eigenvalue weighted by Crippen LogP contribution is 2.61. The molecule has 0 heterocycles. The molecular weight excluding hydrogens is 230 g/mol. The van der Waals surface area contributed by atoms with Crippen molar-refractivity contribution >= 4 is 5.97 Å². The number of methoxy groups -OCH3 is 1. The second kappa shape index (κ2) is 3.77. The molecule has 1 atom stereocenters. The summed E-state index contributed by atoms with van der Waals surface area (Å²) >= 11 is 0. The fourth-order valence-corrected chi connectivity index (χ4v) is 2.05. The summed E-state index contributed by atoms with van der Waals surface area (Å²) in [7, 11) is 1.49. The van der Waals surface area contributed by atoms with Crippen molar-refractivity contribution in [3.8, 4) is 0 Å². The van der Waals surface area contributed by atoms with Gasteiger partial charge in [-0.2, -0.15) is 0 Å². The Morgan fingerprint density at radius 3 is 2.65 bits per heavy atom. The second-order valence-corrected chi connectivity index (χ2v) is 4.23. The van der Waals surface area contributed by atoms with Crippen molar-refractivity contribution in [3.05, 3.63) is 35.4 Å². The summed E-state index contributed by atoms with van der Waals surface area (Å²) in [6.07, 6.45) is -0.633. The molecule has 0 aliphatic heterocycles. The van der Waals surface area contributed by atoms with Crippen molar-refractivity contribution in [3.63, 3.8) is 0 Å². The van der Waals surface area contributed by atoms with Crippen LogP contribution >= 0.6 is 0 Å². The Hall–Kier alpha value is -1.49. The zero-order chi connectivity index (χ0) is 12.7. The lowest BCUT2D eigenvalue weighted by molar-refractivity contribution is -0.142. The van der Waals surface area contributed by atoms with Crippen LogP contribution in [-0.2, 0) is 21.6 Å². The highest BCUT2D eigenvalue weighted by atomic mass is 19.3. The number of hydrogen-bond donors (Lipinski definition) is 1. The number of aliphatic carboxylic acids is 1. The molecule has 0 saturated heterocycles. The van der Waals surface area contributed by atoms with E-state index in [0.29, 0.717) is 5.56 Å². The number of carboxylic acids is 1. The normalized spacial score (nSPS) is 25.6. The minimum Gasteiger partial charge on any atom is -0.480 e. The van der Waals surface area contributed by atoms with Crippen LogP contribution in [-0.4, -0.2) is 24.1 Å². The van der Waals surface area contributed by atoms with Crippen molar-refractivity contribution in [1.82, 2.24) is 0 Å². The number of halogens is 2. The van der Waals surface area contributed by atoms with E-state index in [0.717, 1.165) is 0 Å². The minimum absolute atomic E-state index is 0.143. The Bertz CT molecular complexity index is 459. The molecule has 0 spiro atoms. The van der Waals surface area contributed by atoms with Gasteiger partial charge in [-0.25, -0.2) is 8.78 Å². The zero-order valence-electron chi connectivity index (χ0n) is 9.24. The van der Waals surface area contributed by atoms with Crippen molar-refractivity contribution in [2.24, 2.45) is 0 Å². The van der Waals surface area contributed by atoms with E-state index in [-0.39, 0.29) is 12.2 Å². The molecule has 1 saturated carbocycles. The summed E-state index contributed by atoms with van der Waals surface area (Å²) in [6.45, 7) is 0.273. The van der Waals surface area contributed by atoms with E-state index in [4.69, 9.17) is 9.84 Å². The maximum absolute atomic E-state index is 13.3. The topological polar surface area (TPSA) is 46.5 Å². The number of rotatable bonds is 4. The summed E-state index contributed by atoms with van der Waals surface area (Å²) in [6, 6.07) is 6.18. The third-order valence-electron chi connectivity index (χ3n) is 3.08. The van der Waals surface area contributed by atoms with Gasteiger partial charge < -0.3 is 9.84 Å². The number of carboxylic acid groups (broad SMARTS) is 1. The highest BCUT2D eigenvalue weighted by molar-refractivity contribution is 5.87. The molecule has 1 fully saturated rings. The fourth-order valence-electron chi connectivity index (χ4n) is 2.05. The van der Waals surface area contributed by atoms with Gasteiger partial charge in [-0.05, 0) is 11.1 Å². The van der Waals surface area contributed by atoms with E-state index in [1.54, 1.807) is 12.1 Å². The molecule has 0 bridgehead atoms. The van der Waals surface area contributed by atoms with E-state index in [9.17, 15) is 13.6 Å². The van der Waals surface area contributed by atoms with Gasteiger partial charge >= 0.3 is 5.97 Å². The molecule has 3 nitrogen and oxygen atoms in total. The SMILES string of the molecule is COCc1cccc(C2(C(=O)O)CC2(F)F)c1. The van der Waals surface area contributed by atoms with Crippen LogP contribution < -0.4 is 0 Å². The Morgan fingerprint density at radius 1 is 1.53 bits per heavy atom. The molecule has 1 aliphatic carbocycles. The Morgan fingerprint density at radius 2 is 2.18 bits per heavy atom. The monoisotopic (exact) mass is 242 g/mol. The molecule has 1 aliphatic rings. The molecule has 0 aromatic heterocycles. The van der Waals surface area contributed by atoms with Gasteiger partial charge in [0.05, 0.1) is 6.61 Å².